The van der Waals surface area contributed by atoms with Gasteiger partial charge in [0, 0.05) is 23.7 Å². The van der Waals surface area contributed by atoms with Crippen LogP contribution >= 0.6 is 11.8 Å². The molecule has 0 bridgehead atoms. The number of aromatic nitrogens is 3. The van der Waals surface area contributed by atoms with Crippen molar-refractivity contribution in [2.75, 3.05) is 45.1 Å². The number of hydrogen-bond acceptors (Lipinski definition) is 4. The highest BCUT2D eigenvalue weighted by atomic mass is 32.2. The van der Waals surface area contributed by atoms with Crippen LogP contribution in [-0.4, -0.2) is 65.4 Å². The summed E-state index contributed by atoms with van der Waals surface area (Å²) in [7, 11) is 0. The van der Waals surface area contributed by atoms with Crippen LogP contribution in [0.5, 0.6) is 0 Å². The molecule has 7 nitrogen and oxygen atoms in total. The number of hydrogen-bond donors (Lipinski definition) is 2. The Morgan fingerprint density at radius 1 is 1.13 bits per heavy atom. The topological polar surface area (TPSA) is 65.5 Å². The second-order valence-electron chi connectivity index (χ2n) is 7.29. The molecular weight excluding hydrogens is 398 g/mol. The number of carbonyl (C=O) groups excluding carboxylic acids is 1. The molecule has 8 heteroatoms. The van der Waals surface area contributed by atoms with Crippen molar-refractivity contribution in [3.63, 3.8) is 0 Å². The Bertz CT molecular complexity index is 920. The molecule has 1 aliphatic rings. The van der Waals surface area contributed by atoms with Gasteiger partial charge in [-0.25, -0.2) is 4.68 Å². The van der Waals surface area contributed by atoms with Crippen LogP contribution in [0.3, 0.4) is 0 Å². The molecule has 2 N–H and O–H groups in total. The smallest absolute Gasteiger partial charge is 0.230 e. The first-order valence-corrected chi connectivity index (χ1v) is 11.5. The van der Waals surface area contributed by atoms with Crippen molar-refractivity contribution >= 4 is 17.7 Å². The lowest BCUT2D eigenvalue weighted by molar-refractivity contribution is -0.906. The van der Waals surface area contributed by atoms with E-state index < -0.39 is 0 Å². The van der Waals surface area contributed by atoms with Crippen molar-refractivity contribution in [1.82, 2.24) is 19.7 Å². The molecule has 158 valence electrons. The van der Waals surface area contributed by atoms with Gasteiger partial charge in [0.1, 0.15) is 18.9 Å². The quantitative estimate of drug-likeness (QED) is 0.534. The lowest BCUT2D eigenvalue weighted by Gasteiger charge is -2.23. The van der Waals surface area contributed by atoms with E-state index in [1.165, 1.54) is 4.90 Å². The van der Waals surface area contributed by atoms with Gasteiger partial charge >= 0.3 is 0 Å². The molecule has 1 saturated heterocycles. The summed E-state index contributed by atoms with van der Waals surface area (Å²) >= 11 is 1.61. The molecule has 1 fully saturated rings. The summed E-state index contributed by atoms with van der Waals surface area (Å²) < 4.78 is 9.38. The van der Waals surface area contributed by atoms with Crippen LogP contribution < -0.4 is 10.2 Å². The molecule has 3 heterocycles. The molecule has 1 amide bonds. The molecule has 0 aliphatic carbocycles. The highest BCUT2D eigenvalue weighted by Crippen LogP contribution is 2.23. The number of rotatable bonds is 9. The maximum absolute atomic E-state index is 12.2. The number of nitrogens with one attached hydrogen (secondary N) is 2. The number of quaternary nitrogens is 1. The first-order valence-electron chi connectivity index (χ1n) is 10.3. The highest BCUT2D eigenvalue weighted by molar-refractivity contribution is 7.99. The Hall–Kier alpha value is -2.55. The average molecular weight is 427 g/mol. The van der Waals surface area contributed by atoms with Crippen LogP contribution in [0, 0.1) is 0 Å². The van der Waals surface area contributed by atoms with Crippen molar-refractivity contribution in [3.8, 4) is 11.5 Å². The first kappa shape index (κ1) is 20.7. The van der Waals surface area contributed by atoms with Gasteiger partial charge in [-0.3, -0.25) is 4.79 Å². The fraction of sp³-hybridized carbons (Fsp3) is 0.364. The van der Waals surface area contributed by atoms with Crippen molar-refractivity contribution in [2.45, 2.75) is 5.75 Å². The van der Waals surface area contributed by atoms with Gasteiger partial charge in [0.2, 0.25) is 5.91 Å². The number of nitrogens with zero attached hydrogens (tertiary/aromatic N) is 3. The molecular formula is C22H28N5O2S+. The Morgan fingerprint density at radius 2 is 1.90 bits per heavy atom. The molecule has 3 aromatic rings. The average Bonchev–Trinajstić information content (AvgIpc) is 3.45. The molecule has 30 heavy (non-hydrogen) atoms. The van der Waals surface area contributed by atoms with Gasteiger partial charge in [0.15, 0.2) is 0 Å². The van der Waals surface area contributed by atoms with Gasteiger partial charge in [0.05, 0.1) is 43.9 Å². The number of morpholine rings is 1. The minimum absolute atomic E-state index is 0.0885. The van der Waals surface area contributed by atoms with Crippen LogP contribution in [-0.2, 0) is 15.3 Å². The molecule has 4 rings (SSSR count). The summed E-state index contributed by atoms with van der Waals surface area (Å²) in [5, 5.41) is 7.65. The van der Waals surface area contributed by atoms with E-state index in [-0.39, 0.29) is 5.91 Å². The predicted octanol–water partition coefficient (Wildman–Crippen LogP) is 0.928. The SMILES string of the molecule is O=C(CSCc1cnn(-c2ccccc2)c1-n1cccc1)NCC[NH+]1CCOCC1. The Morgan fingerprint density at radius 3 is 2.67 bits per heavy atom. The minimum atomic E-state index is 0.0885. The van der Waals surface area contributed by atoms with Crippen LogP contribution in [0.2, 0.25) is 0 Å². The number of benzene rings is 1. The number of thioether (sulfide) groups is 1. The van der Waals surface area contributed by atoms with Gasteiger partial charge in [-0.15, -0.1) is 11.8 Å². The van der Waals surface area contributed by atoms with E-state index in [1.807, 2.05) is 65.7 Å². The van der Waals surface area contributed by atoms with Crippen molar-refractivity contribution in [3.05, 3.63) is 66.6 Å². The Balaban J connectivity index is 1.32. The molecule has 0 unspecified atom stereocenters. The second kappa shape index (κ2) is 10.5. The number of amides is 1. The lowest BCUT2D eigenvalue weighted by atomic mass is 10.3. The fourth-order valence-electron chi connectivity index (χ4n) is 3.58. The van der Waals surface area contributed by atoms with Gasteiger partial charge in [-0.2, -0.15) is 5.10 Å². The van der Waals surface area contributed by atoms with Crippen LogP contribution in [0.1, 0.15) is 5.56 Å². The third-order valence-corrected chi connectivity index (χ3v) is 6.14. The molecule has 0 saturated carbocycles. The van der Waals surface area contributed by atoms with Gasteiger partial charge in [-0.1, -0.05) is 18.2 Å². The zero-order valence-corrected chi connectivity index (χ0v) is 17.8. The normalized spacial score (nSPS) is 14.7. The molecule has 0 radical (unpaired) electrons. The lowest BCUT2D eigenvalue weighted by Crippen LogP contribution is -3.14. The zero-order chi connectivity index (χ0) is 20.6. The summed E-state index contributed by atoms with van der Waals surface area (Å²) in [5.41, 5.74) is 2.12. The summed E-state index contributed by atoms with van der Waals surface area (Å²) in [6, 6.07) is 14.1. The van der Waals surface area contributed by atoms with Crippen LogP contribution in [0.4, 0.5) is 0 Å². The Labute approximate surface area is 181 Å². The maximum atomic E-state index is 12.2. The van der Waals surface area contributed by atoms with Gasteiger partial charge < -0.3 is 19.5 Å². The van der Waals surface area contributed by atoms with Gasteiger partial charge in [-0.05, 0) is 24.3 Å². The number of ether oxygens (including phenoxy) is 1. The summed E-state index contributed by atoms with van der Waals surface area (Å²) in [6.07, 6.45) is 5.94. The monoisotopic (exact) mass is 426 g/mol. The van der Waals surface area contributed by atoms with Crippen molar-refractivity contribution in [2.24, 2.45) is 0 Å². The number of carbonyl (C=O) groups is 1. The van der Waals surface area contributed by atoms with Crippen molar-refractivity contribution < 1.29 is 14.4 Å². The van der Waals surface area contributed by atoms with Crippen LogP contribution in [0.15, 0.2) is 61.1 Å². The molecule has 1 aliphatic heterocycles. The van der Waals surface area contributed by atoms with E-state index in [4.69, 9.17) is 4.74 Å². The third-order valence-electron chi connectivity index (χ3n) is 5.16. The van der Waals surface area contributed by atoms with E-state index in [2.05, 4.69) is 15.0 Å². The molecule has 2 aromatic heterocycles. The zero-order valence-electron chi connectivity index (χ0n) is 17.0. The predicted molar refractivity (Wildman–Crippen MR) is 118 cm³/mol. The van der Waals surface area contributed by atoms with E-state index in [9.17, 15) is 4.79 Å². The highest BCUT2D eigenvalue weighted by Gasteiger charge is 2.15. The van der Waals surface area contributed by atoms with Crippen molar-refractivity contribution in [1.29, 1.82) is 0 Å². The van der Waals surface area contributed by atoms with Crippen LogP contribution in [0.25, 0.3) is 11.5 Å². The van der Waals surface area contributed by atoms with E-state index in [1.54, 1.807) is 11.8 Å². The maximum Gasteiger partial charge on any atom is 0.230 e. The summed E-state index contributed by atoms with van der Waals surface area (Å²) in [5.74, 6) is 2.27. The molecule has 0 atom stereocenters. The molecule has 0 spiro atoms. The Kier molecular flexibility index (Phi) is 7.23. The largest absolute Gasteiger partial charge is 0.370 e. The number of para-hydroxylation sites is 1. The second-order valence-corrected chi connectivity index (χ2v) is 8.27. The fourth-order valence-corrected chi connectivity index (χ4v) is 4.39. The van der Waals surface area contributed by atoms with E-state index in [0.717, 1.165) is 62.2 Å². The van der Waals surface area contributed by atoms with E-state index >= 15 is 0 Å². The van der Waals surface area contributed by atoms with Gasteiger partial charge in [0.25, 0.3) is 0 Å². The molecule has 1 aromatic carbocycles. The summed E-state index contributed by atoms with van der Waals surface area (Å²) in [4.78, 5) is 13.7. The standard InChI is InChI=1S/C22H27N5O2S/c28-21(23-8-11-25-12-14-29-15-13-25)18-30-17-19-16-24-27(20-6-2-1-3-7-20)22(19)26-9-4-5-10-26/h1-7,9-10,16H,8,11-15,17-18H2,(H,23,28)/p+1. The minimum Gasteiger partial charge on any atom is -0.370 e. The summed E-state index contributed by atoms with van der Waals surface area (Å²) in [6.45, 7) is 5.37. The first-order chi connectivity index (χ1) is 14.8. The third kappa shape index (κ3) is 5.33. The van der Waals surface area contributed by atoms with E-state index in [0.29, 0.717) is 5.75 Å².